The zero-order valence-electron chi connectivity index (χ0n) is 10.5. The lowest BCUT2D eigenvalue weighted by Crippen LogP contribution is -2.03. The normalized spacial score (nSPS) is 10.3. The highest BCUT2D eigenvalue weighted by Crippen LogP contribution is 2.24. The summed E-state index contributed by atoms with van der Waals surface area (Å²) in [6, 6.07) is 9.30. The lowest BCUT2D eigenvalue weighted by Gasteiger charge is -2.07. The molecule has 0 aromatic heterocycles. The van der Waals surface area contributed by atoms with Crippen molar-refractivity contribution in [3.63, 3.8) is 0 Å². The molecule has 0 N–H and O–H groups in total. The number of ketones is 1. The maximum atomic E-state index is 13.3. The van der Waals surface area contributed by atoms with Gasteiger partial charge in [0.1, 0.15) is 11.6 Å². The van der Waals surface area contributed by atoms with Crippen LogP contribution >= 0.6 is 11.6 Å². The first-order valence-electron chi connectivity index (χ1n) is 5.67. The predicted molar refractivity (Wildman–Crippen MR) is 72.6 cm³/mol. The van der Waals surface area contributed by atoms with Crippen molar-refractivity contribution in [2.75, 3.05) is 7.11 Å². The standard InChI is InChI=1S/C15H12ClFO2/c1-9-7-12(13(16)8-14(9)17)15(18)10-3-5-11(19-2)6-4-10/h3-8H,1-2H3. The molecule has 4 heteroatoms. The van der Waals surface area contributed by atoms with E-state index < -0.39 is 5.82 Å². The molecule has 0 bridgehead atoms. The van der Waals surface area contributed by atoms with Crippen molar-refractivity contribution in [3.05, 3.63) is 63.9 Å². The van der Waals surface area contributed by atoms with Gasteiger partial charge in [-0.3, -0.25) is 4.79 Å². The minimum Gasteiger partial charge on any atom is -0.497 e. The van der Waals surface area contributed by atoms with E-state index in [2.05, 4.69) is 0 Å². The summed E-state index contributed by atoms with van der Waals surface area (Å²) in [5, 5.41) is 0.115. The predicted octanol–water partition coefficient (Wildman–Crippen LogP) is 4.03. The third-order valence-electron chi connectivity index (χ3n) is 2.85. The van der Waals surface area contributed by atoms with Gasteiger partial charge in [-0.05, 0) is 48.9 Å². The SMILES string of the molecule is COc1ccc(C(=O)c2cc(C)c(F)cc2Cl)cc1. The van der Waals surface area contributed by atoms with Crippen molar-refractivity contribution < 1.29 is 13.9 Å². The second-order valence-electron chi connectivity index (χ2n) is 4.14. The van der Waals surface area contributed by atoms with Gasteiger partial charge in [0, 0.05) is 11.1 Å². The van der Waals surface area contributed by atoms with Crippen LogP contribution in [0.5, 0.6) is 5.75 Å². The number of hydrogen-bond acceptors (Lipinski definition) is 2. The Hall–Kier alpha value is -1.87. The van der Waals surface area contributed by atoms with Gasteiger partial charge in [-0.2, -0.15) is 0 Å². The van der Waals surface area contributed by atoms with Gasteiger partial charge in [0.25, 0.3) is 0 Å². The van der Waals surface area contributed by atoms with E-state index in [1.54, 1.807) is 38.3 Å². The number of hydrogen-bond donors (Lipinski definition) is 0. The molecular formula is C15H12ClFO2. The van der Waals surface area contributed by atoms with E-state index in [4.69, 9.17) is 16.3 Å². The van der Waals surface area contributed by atoms with Crippen LogP contribution in [0.2, 0.25) is 5.02 Å². The minimum atomic E-state index is -0.420. The van der Waals surface area contributed by atoms with Gasteiger partial charge in [0.2, 0.25) is 0 Å². The Balaban J connectivity index is 2.40. The second kappa shape index (κ2) is 5.41. The van der Waals surface area contributed by atoms with Crippen molar-refractivity contribution in [2.45, 2.75) is 6.92 Å². The highest BCUT2D eigenvalue weighted by molar-refractivity contribution is 6.35. The molecule has 0 fully saturated rings. The number of carbonyl (C=O) groups is 1. The molecule has 2 nitrogen and oxygen atoms in total. The summed E-state index contributed by atoms with van der Waals surface area (Å²) in [4.78, 5) is 12.3. The Morgan fingerprint density at radius 1 is 1.21 bits per heavy atom. The maximum Gasteiger partial charge on any atom is 0.194 e. The van der Waals surface area contributed by atoms with E-state index in [-0.39, 0.29) is 10.8 Å². The van der Waals surface area contributed by atoms with Crippen LogP contribution in [0.3, 0.4) is 0 Å². The molecule has 0 amide bonds. The quantitative estimate of drug-likeness (QED) is 0.793. The van der Waals surface area contributed by atoms with Crippen LogP contribution in [0.25, 0.3) is 0 Å². The number of halogens is 2. The molecule has 2 aromatic rings. The van der Waals surface area contributed by atoms with E-state index in [0.29, 0.717) is 22.4 Å². The molecule has 19 heavy (non-hydrogen) atoms. The summed E-state index contributed by atoms with van der Waals surface area (Å²) in [7, 11) is 1.55. The molecule has 0 saturated heterocycles. The average Bonchev–Trinajstić information content (AvgIpc) is 2.42. The fourth-order valence-electron chi connectivity index (χ4n) is 1.73. The first-order chi connectivity index (χ1) is 9.02. The van der Waals surface area contributed by atoms with Crippen LogP contribution < -0.4 is 4.74 Å². The molecule has 98 valence electrons. The van der Waals surface area contributed by atoms with Crippen LogP contribution in [0.15, 0.2) is 36.4 Å². The molecule has 2 rings (SSSR count). The molecular weight excluding hydrogens is 267 g/mol. The van der Waals surface area contributed by atoms with Gasteiger partial charge in [-0.25, -0.2) is 4.39 Å². The highest BCUT2D eigenvalue weighted by Gasteiger charge is 2.15. The zero-order valence-corrected chi connectivity index (χ0v) is 11.3. The van der Waals surface area contributed by atoms with Crippen molar-refractivity contribution in [3.8, 4) is 5.75 Å². The number of aryl methyl sites for hydroxylation is 1. The third-order valence-corrected chi connectivity index (χ3v) is 3.16. The molecule has 0 aliphatic carbocycles. The summed E-state index contributed by atoms with van der Waals surface area (Å²) in [5.74, 6) is 0.00460. The molecule has 0 unspecified atom stereocenters. The van der Waals surface area contributed by atoms with Crippen molar-refractivity contribution >= 4 is 17.4 Å². The maximum absolute atomic E-state index is 13.3. The molecule has 0 aliphatic rings. The largest absolute Gasteiger partial charge is 0.497 e. The van der Waals surface area contributed by atoms with E-state index in [9.17, 15) is 9.18 Å². The third kappa shape index (κ3) is 2.76. The van der Waals surface area contributed by atoms with Crippen molar-refractivity contribution in [2.24, 2.45) is 0 Å². The molecule has 2 aromatic carbocycles. The van der Waals surface area contributed by atoms with Crippen LogP contribution in [-0.4, -0.2) is 12.9 Å². The number of carbonyl (C=O) groups excluding carboxylic acids is 1. The number of rotatable bonds is 3. The van der Waals surface area contributed by atoms with Crippen LogP contribution in [0.1, 0.15) is 21.5 Å². The van der Waals surface area contributed by atoms with Gasteiger partial charge in [-0.15, -0.1) is 0 Å². The monoisotopic (exact) mass is 278 g/mol. The Morgan fingerprint density at radius 2 is 1.84 bits per heavy atom. The van der Waals surface area contributed by atoms with E-state index in [1.807, 2.05) is 0 Å². The van der Waals surface area contributed by atoms with Crippen LogP contribution in [0.4, 0.5) is 4.39 Å². The first-order valence-corrected chi connectivity index (χ1v) is 6.05. The smallest absolute Gasteiger partial charge is 0.194 e. The number of methoxy groups -OCH3 is 1. The van der Waals surface area contributed by atoms with Gasteiger partial charge in [0.15, 0.2) is 5.78 Å². The first kappa shape index (κ1) is 13.6. The fourth-order valence-corrected chi connectivity index (χ4v) is 1.97. The summed E-state index contributed by atoms with van der Waals surface area (Å²) >= 11 is 5.92. The molecule has 0 atom stereocenters. The van der Waals surface area contributed by atoms with Crippen LogP contribution in [0, 0.1) is 12.7 Å². The van der Waals surface area contributed by atoms with Crippen molar-refractivity contribution in [1.29, 1.82) is 0 Å². The highest BCUT2D eigenvalue weighted by atomic mass is 35.5. The van der Waals surface area contributed by atoms with Gasteiger partial charge in [0.05, 0.1) is 12.1 Å². The Labute approximate surface area is 115 Å². The minimum absolute atomic E-state index is 0.115. The van der Waals surface area contributed by atoms with Gasteiger partial charge in [-0.1, -0.05) is 11.6 Å². The lowest BCUT2D eigenvalue weighted by molar-refractivity contribution is 0.103. The fraction of sp³-hybridized carbons (Fsp3) is 0.133. The Kier molecular flexibility index (Phi) is 3.86. The van der Waals surface area contributed by atoms with E-state index >= 15 is 0 Å². The topological polar surface area (TPSA) is 26.3 Å². The number of benzene rings is 2. The molecule has 0 spiro atoms. The Morgan fingerprint density at radius 3 is 2.42 bits per heavy atom. The molecule has 0 saturated carbocycles. The molecule has 0 heterocycles. The Bertz CT molecular complexity index is 621. The van der Waals surface area contributed by atoms with Crippen molar-refractivity contribution in [1.82, 2.24) is 0 Å². The van der Waals surface area contributed by atoms with Gasteiger partial charge < -0.3 is 4.74 Å². The average molecular weight is 279 g/mol. The number of ether oxygens (including phenoxy) is 1. The van der Waals surface area contributed by atoms with Crippen LogP contribution in [-0.2, 0) is 0 Å². The van der Waals surface area contributed by atoms with E-state index in [0.717, 1.165) is 6.07 Å². The molecule has 0 aliphatic heterocycles. The summed E-state index contributed by atoms with van der Waals surface area (Å²) in [6.07, 6.45) is 0. The second-order valence-corrected chi connectivity index (χ2v) is 4.55. The molecule has 0 radical (unpaired) electrons. The summed E-state index contributed by atoms with van der Waals surface area (Å²) in [5.41, 5.74) is 1.17. The summed E-state index contributed by atoms with van der Waals surface area (Å²) < 4.78 is 18.3. The lowest BCUT2D eigenvalue weighted by atomic mass is 10.0. The van der Waals surface area contributed by atoms with Gasteiger partial charge >= 0.3 is 0 Å². The van der Waals surface area contributed by atoms with E-state index in [1.165, 1.54) is 6.07 Å². The zero-order chi connectivity index (χ0) is 14.0. The summed E-state index contributed by atoms with van der Waals surface area (Å²) in [6.45, 7) is 1.59.